The van der Waals surface area contributed by atoms with Crippen molar-refractivity contribution in [3.05, 3.63) is 39.9 Å². The van der Waals surface area contributed by atoms with Gasteiger partial charge < -0.3 is 24.4 Å². The fourth-order valence-corrected chi connectivity index (χ4v) is 5.28. The molecule has 1 saturated carbocycles. The minimum Gasteiger partial charge on any atom is -0.380 e. The number of fused-ring (bicyclic) bond motifs is 1. The molecule has 0 radical (unpaired) electrons. The third-order valence-electron chi connectivity index (χ3n) is 6.33. The van der Waals surface area contributed by atoms with Gasteiger partial charge in [-0.05, 0) is 31.4 Å². The number of anilines is 1. The van der Waals surface area contributed by atoms with E-state index in [1.54, 1.807) is 4.57 Å². The highest BCUT2D eigenvalue weighted by Gasteiger charge is 2.40. The number of ether oxygens (including phenoxy) is 1. The Labute approximate surface area is 198 Å². The van der Waals surface area contributed by atoms with Gasteiger partial charge in [0.15, 0.2) is 0 Å². The van der Waals surface area contributed by atoms with Crippen LogP contribution >= 0.6 is 7.60 Å². The van der Waals surface area contributed by atoms with Crippen molar-refractivity contribution in [2.75, 3.05) is 24.7 Å². The lowest BCUT2D eigenvalue weighted by Crippen LogP contribution is -2.45. The van der Waals surface area contributed by atoms with E-state index < -0.39 is 42.5 Å². The van der Waals surface area contributed by atoms with Crippen LogP contribution in [0, 0.1) is 5.82 Å². The molecule has 1 aliphatic heterocycles. The number of aromatic nitrogens is 1. The molecule has 1 unspecified atom stereocenters. The van der Waals surface area contributed by atoms with E-state index in [4.69, 9.17) is 14.5 Å². The minimum absolute atomic E-state index is 0.0898. The van der Waals surface area contributed by atoms with Crippen molar-refractivity contribution >= 4 is 30.1 Å². The van der Waals surface area contributed by atoms with E-state index in [0.29, 0.717) is 18.5 Å². The lowest BCUT2D eigenvalue weighted by Gasteiger charge is -2.25. The zero-order valence-corrected chi connectivity index (χ0v) is 19.7. The monoisotopic (exact) mass is 517 g/mol. The van der Waals surface area contributed by atoms with E-state index in [9.17, 15) is 22.9 Å². The second-order valence-corrected chi connectivity index (χ2v) is 10.8. The number of halogens is 3. The summed E-state index contributed by atoms with van der Waals surface area (Å²) in [5.74, 6) is -2.23. The summed E-state index contributed by atoms with van der Waals surface area (Å²) in [5, 5.41) is 4.24. The number of nitrogens with zero attached hydrogens (tertiary/aromatic N) is 1. The van der Waals surface area contributed by atoms with E-state index in [2.05, 4.69) is 5.32 Å². The first-order valence-corrected chi connectivity index (χ1v) is 13.2. The van der Waals surface area contributed by atoms with Crippen LogP contribution in [0.3, 0.4) is 0 Å². The molecular weight excluding hydrogens is 490 g/mol. The summed E-state index contributed by atoms with van der Waals surface area (Å²) in [5.41, 5.74) is -1.13. The summed E-state index contributed by atoms with van der Waals surface area (Å²) in [7, 11) is -5.16. The maximum Gasteiger partial charge on any atom is 0.337 e. The van der Waals surface area contributed by atoms with Crippen molar-refractivity contribution in [2.24, 2.45) is 0 Å². The highest BCUT2D eigenvalue weighted by molar-refractivity contribution is 7.51. The van der Waals surface area contributed by atoms with Gasteiger partial charge in [-0.3, -0.25) is 19.5 Å². The molecule has 35 heavy (non-hydrogen) atoms. The van der Waals surface area contributed by atoms with Crippen LogP contribution in [0.1, 0.15) is 54.9 Å². The number of carbonyl (C=O) groups excluding carboxylic acids is 1. The summed E-state index contributed by atoms with van der Waals surface area (Å²) in [6.07, 6.45) is 4.69. The zero-order chi connectivity index (χ0) is 25.4. The van der Waals surface area contributed by atoms with Gasteiger partial charge in [0.05, 0.1) is 23.9 Å². The lowest BCUT2D eigenvalue weighted by molar-refractivity contribution is -0.00958. The molecule has 0 spiro atoms. The fourth-order valence-electron chi connectivity index (χ4n) is 4.68. The molecule has 13 heteroatoms. The number of hydrogen-bond donors (Lipinski definition) is 4. The van der Waals surface area contributed by atoms with Crippen molar-refractivity contribution < 1.29 is 37.1 Å². The van der Waals surface area contributed by atoms with Gasteiger partial charge >= 0.3 is 13.6 Å². The standard InChI is InChI=1S/C22H27F3N3O6P/c23-17-8-15-19(9-18(17)26-13-4-2-1-3-5-13)28(14-6-7-34-11-14)10-16(20(15)29)21(30)27-22(24,25)12-35(31,32)33/h8-10,13-14,26H,1-7,11-12H2,(H,27,30)(H2,31,32,33). The van der Waals surface area contributed by atoms with Gasteiger partial charge in [0.2, 0.25) is 5.43 Å². The van der Waals surface area contributed by atoms with E-state index in [-0.39, 0.29) is 29.8 Å². The Kier molecular flexibility index (Phi) is 7.28. The van der Waals surface area contributed by atoms with Crippen LogP contribution in [0.5, 0.6) is 0 Å². The van der Waals surface area contributed by atoms with Crippen molar-refractivity contribution in [3.63, 3.8) is 0 Å². The zero-order valence-electron chi connectivity index (χ0n) is 18.8. The van der Waals surface area contributed by atoms with Gasteiger partial charge in [-0.25, -0.2) is 4.39 Å². The Bertz CT molecular complexity index is 1220. The number of nitrogens with one attached hydrogen (secondary N) is 2. The summed E-state index contributed by atoms with van der Waals surface area (Å²) in [6, 6.07) is -2.03. The first-order chi connectivity index (χ1) is 16.4. The second kappa shape index (κ2) is 9.93. The summed E-state index contributed by atoms with van der Waals surface area (Å²) in [4.78, 5) is 43.4. The normalized spacial score (nSPS) is 19.7. The first kappa shape index (κ1) is 25.7. The van der Waals surface area contributed by atoms with Gasteiger partial charge in [0.1, 0.15) is 17.5 Å². The number of carbonyl (C=O) groups is 1. The van der Waals surface area contributed by atoms with Gasteiger partial charge in [0, 0.05) is 24.2 Å². The van der Waals surface area contributed by atoms with Crippen molar-refractivity contribution in [3.8, 4) is 0 Å². The highest BCUT2D eigenvalue weighted by Crippen LogP contribution is 2.39. The molecule has 192 valence electrons. The molecule has 4 N–H and O–H groups in total. The quantitative estimate of drug-likeness (QED) is 0.327. The van der Waals surface area contributed by atoms with E-state index >= 15 is 4.39 Å². The van der Waals surface area contributed by atoms with Gasteiger partial charge in [0.25, 0.3) is 5.91 Å². The van der Waals surface area contributed by atoms with Crippen molar-refractivity contribution in [1.82, 2.24) is 9.88 Å². The van der Waals surface area contributed by atoms with Crippen LogP contribution in [-0.4, -0.2) is 51.7 Å². The van der Waals surface area contributed by atoms with Crippen molar-refractivity contribution in [2.45, 2.75) is 56.7 Å². The predicted molar refractivity (Wildman–Crippen MR) is 122 cm³/mol. The lowest BCUT2D eigenvalue weighted by atomic mass is 9.95. The van der Waals surface area contributed by atoms with Gasteiger partial charge in [-0.1, -0.05) is 19.3 Å². The van der Waals surface area contributed by atoms with E-state index in [1.807, 2.05) is 0 Å². The number of amides is 1. The molecule has 1 aliphatic carbocycles. The largest absolute Gasteiger partial charge is 0.380 e. The van der Waals surface area contributed by atoms with Crippen molar-refractivity contribution in [1.29, 1.82) is 0 Å². The SMILES string of the molecule is O=C(NC(F)(F)CP(=O)(O)O)c1cn(C2CCOC2)c2cc(NC3CCCCC3)c(F)cc2c1=O. The Morgan fingerprint density at radius 2 is 1.91 bits per heavy atom. The van der Waals surface area contributed by atoms with Crippen LogP contribution in [0.15, 0.2) is 23.1 Å². The predicted octanol–water partition coefficient (Wildman–Crippen LogP) is 3.35. The molecule has 0 bridgehead atoms. The topological polar surface area (TPSA) is 130 Å². The average Bonchev–Trinajstić information content (AvgIpc) is 3.28. The molecule has 9 nitrogen and oxygen atoms in total. The highest BCUT2D eigenvalue weighted by atomic mass is 31.2. The summed E-state index contributed by atoms with van der Waals surface area (Å²) in [6.45, 7) is 0.657. The first-order valence-electron chi connectivity index (χ1n) is 11.4. The molecule has 1 aromatic heterocycles. The molecule has 1 aromatic carbocycles. The average molecular weight is 517 g/mol. The molecule has 2 aliphatic rings. The Morgan fingerprint density at radius 1 is 1.20 bits per heavy atom. The van der Waals surface area contributed by atoms with Crippen LogP contribution in [0.25, 0.3) is 10.9 Å². The van der Waals surface area contributed by atoms with Crippen LogP contribution in [0.2, 0.25) is 0 Å². The van der Waals surface area contributed by atoms with Crippen LogP contribution in [-0.2, 0) is 9.30 Å². The molecular formula is C22H27F3N3O6P. The molecule has 2 heterocycles. The molecule has 2 fully saturated rings. The Balaban J connectivity index is 1.76. The van der Waals surface area contributed by atoms with Gasteiger partial charge in [-0.15, -0.1) is 0 Å². The molecule has 2 aromatic rings. The number of benzene rings is 1. The number of hydrogen-bond acceptors (Lipinski definition) is 5. The molecule has 4 rings (SSSR count). The number of rotatable bonds is 7. The third kappa shape index (κ3) is 6.06. The third-order valence-corrected chi connectivity index (χ3v) is 7.14. The molecule has 1 amide bonds. The van der Waals surface area contributed by atoms with E-state index in [0.717, 1.165) is 44.4 Å². The Morgan fingerprint density at radius 3 is 2.54 bits per heavy atom. The Hall–Kier alpha value is -2.40. The summed E-state index contributed by atoms with van der Waals surface area (Å²) >= 11 is 0. The van der Waals surface area contributed by atoms with Gasteiger partial charge in [-0.2, -0.15) is 8.78 Å². The molecule has 1 saturated heterocycles. The maximum absolute atomic E-state index is 15.0. The second-order valence-electron chi connectivity index (χ2n) is 9.11. The summed E-state index contributed by atoms with van der Waals surface area (Å²) < 4.78 is 61.0. The number of pyridine rings is 1. The number of alkyl halides is 2. The maximum atomic E-state index is 15.0. The fraction of sp³-hybridized carbons (Fsp3) is 0.545. The van der Waals surface area contributed by atoms with Crippen LogP contribution in [0.4, 0.5) is 18.9 Å². The van der Waals surface area contributed by atoms with Crippen LogP contribution < -0.4 is 16.1 Å². The smallest absolute Gasteiger partial charge is 0.337 e. The van der Waals surface area contributed by atoms with E-state index in [1.165, 1.54) is 11.4 Å². The minimum atomic E-state index is -5.16. The molecule has 1 atom stereocenters.